The number of alkyl halides is 3. The Bertz CT molecular complexity index is 526. The summed E-state index contributed by atoms with van der Waals surface area (Å²) in [4.78, 5) is 23.6. The lowest BCUT2D eigenvalue weighted by Crippen LogP contribution is -2.26. The highest BCUT2D eigenvalue weighted by molar-refractivity contribution is 6.16. The first-order chi connectivity index (χ1) is 8.29. The first kappa shape index (κ1) is 12.4. The zero-order valence-electron chi connectivity index (χ0n) is 9.12. The van der Waals surface area contributed by atoms with Crippen LogP contribution in [0.4, 0.5) is 24.5 Å². The summed E-state index contributed by atoms with van der Waals surface area (Å²) >= 11 is 0. The number of anilines is 2. The highest BCUT2D eigenvalue weighted by Gasteiger charge is 2.34. The first-order valence-corrected chi connectivity index (χ1v) is 5.08. The molecule has 0 unspecified atom stereocenters. The molecule has 96 valence electrons. The third kappa shape index (κ3) is 2.15. The number of carbonyl (C=O) groups excluding carboxylic acids is 2. The fourth-order valence-corrected chi connectivity index (χ4v) is 1.76. The third-order valence-corrected chi connectivity index (χ3v) is 2.63. The van der Waals surface area contributed by atoms with E-state index < -0.39 is 17.6 Å². The summed E-state index contributed by atoms with van der Waals surface area (Å²) in [5.41, 5.74) is 4.61. The van der Waals surface area contributed by atoms with E-state index in [0.717, 1.165) is 23.1 Å². The molecule has 1 aliphatic heterocycles. The van der Waals surface area contributed by atoms with Gasteiger partial charge >= 0.3 is 6.18 Å². The van der Waals surface area contributed by atoms with Gasteiger partial charge in [0.2, 0.25) is 5.91 Å². The number of hydrogen-bond donors (Lipinski definition) is 1. The maximum Gasteiger partial charge on any atom is 0.416 e. The Hall–Kier alpha value is -2.05. The van der Waals surface area contributed by atoms with E-state index in [1.165, 1.54) is 0 Å². The molecule has 1 amide bonds. The number of benzene rings is 1. The van der Waals surface area contributed by atoms with Crippen LogP contribution in [0.1, 0.15) is 12.0 Å². The number of rotatable bonds is 1. The number of carbonyl (C=O) groups is 2. The van der Waals surface area contributed by atoms with Crippen molar-refractivity contribution >= 4 is 23.1 Å². The van der Waals surface area contributed by atoms with Crippen molar-refractivity contribution in [1.82, 2.24) is 0 Å². The van der Waals surface area contributed by atoms with E-state index in [9.17, 15) is 22.8 Å². The molecular formula is C11H9F3N2O2. The minimum absolute atomic E-state index is 0.0334. The molecular weight excluding hydrogens is 249 g/mol. The van der Waals surface area contributed by atoms with Gasteiger partial charge in [0.15, 0.2) is 5.78 Å². The largest absolute Gasteiger partial charge is 0.416 e. The number of hydrogen-bond acceptors (Lipinski definition) is 3. The lowest BCUT2D eigenvalue weighted by Gasteiger charge is -2.18. The molecule has 1 fully saturated rings. The summed E-state index contributed by atoms with van der Waals surface area (Å²) in [6.45, 7) is -0.232. The van der Waals surface area contributed by atoms with Crippen LogP contribution in [0.2, 0.25) is 0 Å². The molecule has 1 saturated heterocycles. The van der Waals surface area contributed by atoms with Crippen LogP contribution in [0.3, 0.4) is 0 Å². The fraction of sp³-hybridized carbons (Fsp3) is 0.273. The number of halogens is 3. The van der Waals surface area contributed by atoms with E-state index in [1.54, 1.807) is 0 Å². The van der Waals surface area contributed by atoms with Crippen molar-refractivity contribution in [2.75, 3.05) is 17.2 Å². The van der Waals surface area contributed by atoms with Crippen molar-refractivity contribution in [1.29, 1.82) is 0 Å². The van der Waals surface area contributed by atoms with Crippen molar-refractivity contribution in [3.8, 4) is 0 Å². The van der Waals surface area contributed by atoms with Crippen LogP contribution in [0.25, 0.3) is 0 Å². The molecule has 1 aromatic rings. The second kappa shape index (κ2) is 4.01. The normalized spacial score (nSPS) is 16.5. The topological polar surface area (TPSA) is 63.4 Å². The second-order valence-corrected chi connectivity index (χ2v) is 3.97. The monoisotopic (exact) mass is 258 g/mol. The van der Waals surface area contributed by atoms with Crippen molar-refractivity contribution in [2.45, 2.75) is 12.6 Å². The highest BCUT2D eigenvalue weighted by atomic mass is 19.4. The molecule has 0 spiro atoms. The smallest absolute Gasteiger partial charge is 0.397 e. The quantitative estimate of drug-likeness (QED) is 0.614. The van der Waals surface area contributed by atoms with Gasteiger partial charge in [0.1, 0.15) is 0 Å². The Morgan fingerprint density at radius 2 is 1.89 bits per heavy atom. The van der Waals surface area contributed by atoms with Crippen molar-refractivity contribution in [3.63, 3.8) is 0 Å². The van der Waals surface area contributed by atoms with Crippen LogP contribution in [-0.4, -0.2) is 18.2 Å². The molecule has 2 rings (SSSR count). The number of ketones is 1. The van der Waals surface area contributed by atoms with Gasteiger partial charge in [-0.15, -0.1) is 0 Å². The van der Waals surface area contributed by atoms with Crippen molar-refractivity contribution < 1.29 is 22.8 Å². The van der Waals surface area contributed by atoms with E-state index in [2.05, 4.69) is 0 Å². The van der Waals surface area contributed by atoms with E-state index in [1.807, 2.05) is 0 Å². The maximum atomic E-state index is 12.5. The van der Waals surface area contributed by atoms with E-state index in [-0.39, 0.29) is 30.1 Å². The summed E-state index contributed by atoms with van der Waals surface area (Å²) in [5.74, 6) is -0.872. The standard InChI is InChI=1S/C11H9F3N2O2/c12-11(13,14)6-1-2-8(15)9(3-6)16-5-7(17)4-10(16)18/h1-3H,4-5,15H2. The van der Waals surface area contributed by atoms with Crippen LogP contribution < -0.4 is 10.6 Å². The molecule has 2 N–H and O–H groups in total. The summed E-state index contributed by atoms with van der Waals surface area (Å²) in [6.07, 6.45) is -4.81. The van der Waals surface area contributed by atoms with Gasteiger partial charge in [-0.3, -0.25) is 9.59 Å². The molecule has 0 bridgehead atoms. The first-order valence-electron chi connectivity index (χ1n) is 5.08. The van der Waals surface area contributed by atoms with Crippen LogP contribution in [0, 0.1) is 0 Å². The van der Waals surface area contributed by atoms with Gasteiger partial charge in [-0.2, -0.15) is 13.2 Å². The molecule has 0 radical (unpaired) electrons. The fourth-order valence-electron chi connectivity index (χ4n) is 1.76. The summed E-state index contributed by atoms with van der Waals surface area (Å²) in [5, 5.41) is 0. The number of nitrogens with two attached hydrogens (primary N) is 1. The maximum absolute atomic E-state index is 12.5. The van der Waals surface area contributed by atoms with Crippen LogP contribution >= 0.6 is 0 Å². The van der Waals surface area contributed by atoms with Crippen molar-refractivity contribution in [2.24, 2.45) is 0 Å². The van der Waals surface area contributed by atoms with E-state index in [0.29, 0.717) is 0 Å². The van der Waals surface area contributed by atoms with Gasteiger partial charge in [-0.05, 0) is 18.2 Å². The Morgan fingerprint density at radius 1 is 1.22 bits per heavy atom. The van der Waals surface area contributed by atoms with Gasteiger partial charge in [0, 0.05) is 0 Å². The van der Waals surface area contributed by atoms with Crippen LogP contribution in [-0.2, 0) is 15.8 Å². The molecule has 0 aromatic heterocycles. The number of nitrogens with zero attached hydrogens (tertiary/aromatic N) is 1. The SMILES string of the molecule is Nc1ccc(C(F)(F)F)cc1N1CC(=O)CC1=O. The zero-order chi connectivity index (χ0) is 13.5. The zero-order valence-corrected chi connectivity index (χ0v) is 9.12. The van der Waals surface area contributed by atoms with Crippen LogP contribution in [0.5, 0.6) is 0 Å². The van der Waals surface area contributed by atoms with E-state index in [4.69, 9.17) is 5.73 Å². The van der Waals surface area contributed by atoms with Gasteiger partial charge < -0.3 is 10.6 Å². The van der Waals surface area contributed by atoms with E-state index >= 15 is 0 Å². The molecule has 7 heteroatoms. The molecule has 0 saturated carbocycles. The Balaban J connectivity index is 2.44. The molecule has 1 heterocycles. The Labute approximate surface area is 100 Å². The summed E-state index contributed by atoms with van der Waals surface area (Å²) in [7, 11) is 0. The molecule has 0 atom stereocenters. The molecule has 1 aliphatic rings. The predicted octanol–water partition coefficient (Wildman–Crippen LogP) is 1.59. The Kier molecular flexibility index (Phi) is 2.76. The lowest BCUT2D eigenvalue weighted by molar-refractivity contribution is -0.137. The second-order valence-electron chi connectivity index (χ2n) is 3.97. The minimum atomic E-state index is -4.52. The molecule has 18 heavy (non-hydrogen) atoms. The minimum Gasteiger partial charge on any atom is -0.397 e. The number of amides is 1. The predicted molar refractivity (Wildman–Crippen MR) is 57.8 cm³/mol. The van der Waals surface area contributed by atoms with Gasteiger partial charge in [-0.1, -0.05) is 0 Å². The third-order valence-electron chi connectivity index (χ3n) is 2.63. The van der Waals surface area contributed by atoms with Crippen molar-refractivity contribution in [3.05, 3.63) is 23.8 Å². The van der Waals surface area contributed by atoms with Gasteiger partial charge in [0.05, 0.1) is 29.9 Å². The van der Waals surface area contributed by atoms with Crippen LogP contribution in [0.15, 0.2) is 18.2 Å². The number of Topliss-reactive ketones (excluding diaryl/α,β-unsaturated/α-hetero) is 1. The van der Waals surface area contributed by atoms with Gasteiger partial charge in [-0.25, -0.2) is 0 Å². The van der Waals surface area contributed by atoms with Gasteiger partial charge in [0.25, 0.3) is 0 Å². The molecule has 1 aromatic carbocycles. The summed E-state index contributed by atoms with van der Waals surface area (Å²) < 4.78 is 37.6. The summed E-state index contributed by atoms with van der Waals surface area (Å²) in [6, 6.07) is 2.70. The number of nitrogen functional groups attached to an aromatic ring is 1. The average Bonchev–Trinajstić information content (AvgIpc) is 2.56. The molecule has 0 aliphatic carbocycles. The highest BCUT2D eigenvalue weighted by Crippen LogP contribution is 2.35. The lowest BCUT2D eigenvalue weighted by atomic mass is 10.1. The average molecular weight is 258 g/mol. The molecule has 4 nitrogen and oxygen atoms in total. The Morgan fingerprint density at radius 3 is 2.39 bits per heavy atom.